The maximum absolute atomic E-state index is 12.1. The van der Waals surface area contributed by atoms with Gasteiger partial charge in [0.05, 0.1) is 11.4 Å². The fourth-order valence-electron chi connectivity index (χ4n) is 2.38. The summed E-state index contributed by atoms with van der Waals surface area (Å²) < 4.78 is 32.2. The lowest BCUT2D eigenvalue weighted by atomic mass is 9.65. The molecule has 1 aliphatic carbocycles. The van der Waals surface area contributed by atoms with Crippen molar-refractivity contribution in [3.05, 3.63) is 0 Å². The third-order valence-corrected chi connectivity index (χ3v) is 6.09. The Balaban J connectivity index is 1.98. The third-order valence-electron chi connectivity index (χ3n) is 4.13. The molecule has 2 atom stereocenters. The summed E-state index contributed by atoms with van der Waals surface area (Å²) in [4.78, 5) is 0. The lowest BCUT2D eigenvalue weighted by Gasteiger charge is -2.49. The van der Waals surface area contributed by atoms with E-state index >= 15 is 0 Å². The van der Waals surface area contributed by atoms with Gasteiger partial charge >= 0.3 is 0 Å². The van der Waals surface area contributed by atoms with Crippen LogP contribution in [0.3, 0.4) is 0 Å². The molecule has 0 aromatic carbocycles. The van der Waals surface area contributed by atoms with Crippen molar-refractivity contribution in [3.8, 4) is 0 Å². The molecule has 2 unspecified atom stereocenters. The number of sulfonamides is 1. The molecule has 17 heavy (non-hydrogen) atoms. The summed E-state index contributed by atoms with van der Waals surface area (Å²) in [7, 11) is -3.28. The molecule has 2 N–H and O–H groups in total. The Morgan fingerprint density at radius 2 is 1.88 bits per heavy atom. The molecule has 2 fully saturated rings. The van der Waals surface area contributed by atoms with E-state index in [2.05, 4.69) is 4.72 Å². The van der Waals surface area contributed by atoms with Crippen LogP contribution in [0.25, 0.3) is 0 Å². The van der Waals surface area contributed by atoms with Crippen LogP contribution in [0, 0.1) is 5.41 Å². The summed E-state index contributed by atoms with van der Waals surface area (Å²) in [5, 5.41) is 9.26. The number of aliphatic hydroxyl groups is 1. The Hall–Kier alpha value is -0.170. The Labute approximate surface area is 103 Å². The number of rotatable bonds is 3. The highest BCUT2D eigenvalue weighted by Gasteiger charge is 2.49. The van der Waals surface area contributed by atoms with Gasteiger partial charge in [-0.05, 0) is 19.3 Å². The van der Waals surface area contributed by atoms with Crippen molar-refractivity contribution in [1.82, 2.24) is 4.72 Å². The molecule has 100 valence electrons. The van der Waals surface area contributed by atoms with E-state index in [1.165, 1.54) is 0 Å². The molecule has 1 heterocycles. The lowest BCUT2D eigenvalue weighted by Crippen LogP contribution is -2.62. The van der Waals surface area contributed by atoms with Gasteiger partial charge in [0.2, 0.25) is 10.0 Å². The summed E-state index contributed by atoms with van der Waals surface area (Å²) in [6.07, 6.45) is 1.22. The minimum atomic E-state index is -3.28. The van der Waals surface area contributed by atoms with Crippen LogP contribution in [0.5, 0.6) is 0 Å². The highest BCUT2D eigenvalue weighted by molar-refractivity contribution is 7.90. The van der Waals surface area contributed by atoms with Crippen molar-refractivity contribution in [2.24, 2.45) is 5.41 Å². The van der Waals surface area contributed by atoms with Gasteiger partial charge < -0.3 is 9.84 Å². The number of ether oxygens (including phenoxy) is 1. The topological polar surface area (TPSA) is 75.6 Å². The van der Waals surface area contributed by atoms with Crippen molar-refractivity contribution >= 4 is 10.0 Å². The van der Waals surface area contributed by atoms with Crippen molar-refractivity contribution in [2.75, 3.05) is 13.2 Å². The second kappa shape index (κ2) is 4.50. The Morgan fingerprint density at radius 1 is 1.29 bits per heavy atom. The molecular weight excluding hydrogens is 242 g/mol. The molecule has 2 aliphatic rings. The molecule has 0 amide bonds. The molecule has 6 heteroatoms. The monoisotopic (exact) mass is 263 g/mol. The van der Waals surface area contributed by atoms with Gasteiger partial charge in [0.25, 0.3) is 0 Å². The van der Waals surface area contributed by atoms with Gasteiger partial charge in [-0.2, -0.15) is 0 Å². The average molecular weight is 263 g/mol. The van der Waals surface area contributed by atoms with Crippen LogP contribution in [-0.2, 0) is 14.8 Å². The minimum Gasteiger partial charge on any atom is -0.392 e. The highest BCUT2D eigenvalue weighted by Crippen LogP contribution is 2.41. The van der Waals surface area contributed by atoms with Gasteiger partial charge in [0, 0.05) is 24.7 Å². The second-order valence-corrected chi connectivity index (χ2v) is 7.59. The van der Waals surface area contributed by atoms with Crippen LogP contribution >= 0.6 is 0 Å². The van der Waals surface area contributed by atoms with Crippen LogP contribution in [0.2, 0.25) is 0 Å². The van der Waals surface area contributed by atoms with Gasteiger partial charge in [0.15, 0.2) is 0 Å². The van der Waals surface area contributed by atoms with Crippen molar-refractivity contribution < 1.29 is 18.3 Å². The summed E-state index contributed by atoms with van der Waals surface area (Å²) >= 11 is 0. The van der Waals surface area contributed by atoms with Gasteiger partial charge in [-0.15, -0.1) is 0 Å². The molecule has 2 rings (SSSR count). The van der Waals surface area contributed by atoms with E-state index in [0.717, 1.165) is 0 Å². The fraction of sp³-hybridized carbons (Fsp3) is 1.00. The van der Waals surface area contributed by atoms with Crippen molar-refractivity contribution in [3.63, 3.8) is 0 Å². The van der Waals surface area contributed by atoms with Crippen molar-refractivity contribution in [1.29, 1.82) is 0 Å². The number of aliphatic hydroxyl groups excluding tert-OH is 1. The van der Waals surface area contributed by atoms with E-state index in [-0.39, 0.29) is 16.7 Å². The first-order valence-electron chi connectivity index (χ1n) is 6.11. The maximum atomic E-state index is 12.1. The zero-order valence-corrected chi connectivity index (χ0v) is 11.2. The zero-order chi connectivity index (χ0) is 12.7. The average Bonchev–Trinajstić information content (AvgIpc) is 2.30. The van der Waals surface area contributed by atoms with Crippen LogP contribution < -0.4 is 4.72 Å². The Bertz CT molecular complexity index is 373. The Morgan fingerprint density at radius 3 is 2.35 bits per heavy atom. The molecule has 1 saturated carbocycles. The lowest BCUT2D eigenvalue weighted by molar-refractivity contribution is -0.0646. The number of hydrogen-bond acceptors (Lipinski definition) is 4. The predicted molar refractivity (Wildman–Crippen MR) is 64.1 cm³/mol. The zero-order valence-electron chi connectivity index (χ0n) is 10.3. The summed E-state index contributed by atoms with van der Waals surface area (Å²) in [6, 6.07) is -0.148. The van der Waals surface area contributed by atoms with Gasteiger partial charge in [-0.1, -0.05) is 13.8 Å². The smallest absolute Gasteiger partial charge is 0.214 e. The van der Waals surface area contributed by atoms with Gasteiger partial charge in [-0.25, -0.2) is 13.1 Å². The van der Waals surface area contributed by atoms with E-state index in [9.17, 15) is 13.5 Å². The van der Waals surface area contributed by atoms with Crippen LogP contribution in [0.15, 0.2) is 0 Å². The van der Waals surface area contributed by atoms with Gasteiger partial charge in [0.1, 0.15) is 0 Å². The first-order chi connectivity index (χ1) is 7.84. The fourth-order valence-corrected chi connectivity index (χ4v) is 4.19. The summed E-state index contributed by atoms with van der Waals surface area (Å²) in [6.45, 7) is 4.81. The molecule has 0 aromatic rings. The largest absolute Gasteiger partial charge is 0.392 e. The molecule has 0 radical (unpaired) electrons. The van der Waals surface area contributed by atoms with Crippen LogP contribution in [0.1, 0.15) is 33.1 Å². The van der Waals surface area contributed by atoms with Crippen molar-refractivity contribution in [2.45, 2.75) is 50.5 Å². The standard InChI is InChI=1S/C11H21NO4S/c1-11(2)9(7-10(11)13)12-17(14,15)8-3-5-16-6-4-8/h8-10,12-13H,3-7H2,1-2H3. The Kier molecular flexibility index (Phi) is 3.51. The highest BCUT2D eigenvalue weighted by atomic mass is 32.2. The maximum Gasteiger partial charge on any atom is 0.214 e. The normalized spacial score (nSPS) is 34.3. The molecule has 1 saturated heterocycles. The molecule has 0 bridgehead atoms. The number of hydrogen-bond donors (Lipinski definition) is 2. The molecule has 0 aromatic heterocycles. The second-order valence-electron chi connectivity index (χ2n) is 5.60. The molecule has 1 aliphatic heterocycles. The molecular formula is C11H21NO4S. The summed E-state index contributed by atoms with van der Waals surface area (Å²) in [5.41, 5.74) is -0.363. The quantitative estimate of drug-likeness (QED) is 0.765. The SMILES string of the molecule is CC1(C)C(O)CC1NS(=O)(=O)C1CCOCC1. The van der Waals surface area contributed by atoms with E-state index in [4.69, 9.17) is 4.74 Å². The van der Waals surface area contributed by atoms with E-state index in [0.29, 0.717) is 32.5 Å². The third kappa shape index (κ3) is 2.50. The minimum absolute atomic E-state index is 0.148. The first kappa shape index (κ1) is 13.3. The molecule has 0 spiro atoms. The van der Waals surface area contributed by atoms with E-state index in [1.807, 2.05) is 13.8 Å². The van der Waals surface area contributed by atoms with E-state index in [1.54, 1.807) is 0 Å². The van der Waals surface area contributed by atoms with Crippen LogP contribution in [0.4, 0.5) is 0 Å². The van der Waals surface area contributed by atoms with Gasteiger partial charge in [-0.3, -0.25) is 0 Å². The molecule has 5 nitrogen and oxygen atoms in total. The van der Waals surface area contributed by atoms with E-state index < -0.39 is 16.1 Å². The number of nitrogens with one attached hydrogen (secondary N) is 1. The predicted octanol–water partition coefficient (Wildman–Crippen LogP) is 0.244. The first-order valence-corrected chi connectivity index (χ1v) is 7.65. The van der Waals surface area contributed by atoms with Crippen LogP contribution in [-0.4, -0.2) is 44.1 Å². The summed E-state index contributed by atoms with van der Waals surface area (Å²) in [5.74, 6) is 0.